The maximum absolute atomic E-state index is 13.7. The molecule has 0 aliphatic carbocycles. The fourth-order valence-electron chi connectivity index (χ4n) is 1.71. The topological polar surface area (TPSA) is 55.1 Å². The summed E-state index contributed by atoms with van der Waals surface area (Å²) in [5.41, 5.74) is 6.22. The van der Waals surface area contributed by atoms with Gasteiger partial charge >= 0.3 is 0 Å². The minimum absolute atomic E-state index is 0.135. The summed E-state index contributed by atoms with van der Waals surface area (Å²) in [6.45, 7) is 0.135. The lowest BCUT2D eigenvalue weighted by Crippen LogP contribution is -2.12. The van der Waals surface area contributed by atoms with Gasteiger partial charge in [-0.2, -0.15) is 0 Å². The minimum Gasteiger partial charge on any atom is -0.378 e. The molecule has 0 saturated heterocycles. The molecule has 2 aromatic carbocycles. The molecular formula is C14H11Cl2FN2O. The molecule has 3 N–H and O–H groups in total. The van der Waals surface area contributed by atoms with E-state index in [1.54, 1.807) is 18.2 Å². The van der Waals surface area contributed by atoms with E-state index >= 15 is 0 Å². The van der Waals surface area contributed by atoms with Crippen molar-refractivity contribution in [2.24, 2.45) is 5.73 Å². The van der Waals surface area contributed by atoms with Crippen molar-refractivity contribution in [1.82, 2.24) is 0 Å². The van der Waals surface area contributed by atoms with Gasteiger partial charge in [-0.1, -0.05) is 29.3 Å². The third-order valence-electron chi connectivity index (χ3n) is 2.75. The van der Waals surface area contributed by atoms with E-state index in [0.717, 1.165) is 0 Å². The Hall–Kier alpha value is -1.78. The van der Waals surface area contributed by atoms with Gasteiger partial charge in [-0.15, -0.1) is 0 Å². The molecule has 1 amide bonds. The highest BCUT2D eigenvalue weighted by molar-refractivity contribution is 6.39. The Morgan fingerprint density at radius 1 is 1.20 bits per heavy atom. The average Bonchev–Trinajstić information content (AvgIpc) is 2.39. The number of para-hydroxylation sites is 1. The number of carbonyl (C=O) groups is 1. The molecule has 0 spiro atoms. The van der Waals surface area contributed by atoms with Crippen molar-refractivity contribution < 1.29 is 9.18 Å². The number of benzene rings is 2. The maximum atomic E-state index is 13.7. The van der Waals surface area contributed by atoms with Crippen molar-refractivity contribution >= 4 is 34.8 Å². The van der Waals surface area contributed by atoms with Crippen LogP contribution in [0.5, 0.6) is 0 Å². The molecule has 0 fully saturated rings. The second-order valence-corrected chi connectivity index (χ2v) is 4.94. The molecule has 0 radical (unpaired) electrons. The maximum Gasteiger partial charge on any atom is 0.248 e. The van der Waals surface area contributed by atoms with Crippen LogP contribution in [0, 0.1) is 5.82 Å². The van der Waals surface area contributed by atoms with E-state index in [4.69, 9.17) is 28.9 Å². The van der Waals surface area contributed by atoms with Crippen LogP contribution >= 0.6 is 23.2 Å². The second-order valence-electron chi connectivity index (χ2n) is 4.12. The molecule has 0 unspecified atom stereocenters. The fourth-order valence-corrected chi connectivity index (χ4v) is 2.24. The van der Waals surface area contributed by atoms with Gasteiger partial charge in [0.05, 0.1) is 15.7 Å². The molecule has 0 aliphatic heterocycles. The molecule has 0 bridgehead atoms. The number of nitrogens with one attached hydrogen (secondary N) is 1. The summed E-state index contributed by atoms with van der Waals surface area (Å²) in [5, 5.41) is 3.82. The molecule has 3 nitrogen and oxygen atoms in total. The van der Waals surface area contributed by atoms with Crippen LogP contribution in [0.2, 0.25) is 10.0 Å². The number of halogens is 3. The third kappa shape index (κ3) is 3.21. The van der Waals surface area contributed by atoms with Gasteiger partial charge in [0.1, 0.15) is 5.82 Å². The lowest BCUT2D eigenvalue weighted by molar-refractivity contribution is 0.1000. The normalized spacial score (nSPS) is 10.3. The first kappa shape index (κ1) is 14.6. The summed E-state index contributed by atoms with van der Waals surface area (Å²) in [4.78, 5) is 11.1. The largest absolute Gasteiger partial charge is 0.378 e. The molecule has 0 aliphatic rings. The predicted molar refractivity (Wildman–Crippen MR) is 78.7 cm³/mol. The number of hydrogen-bond acceptors (Lipinski definition) is 2. The van der Waals surface area contributed by atoms with Gasteiger partial charge in [-0.25, -0.2) is 4.39 Å². The number of hydrogen-bond donors (Lipinski definition) is 2. The van der Waals surface area contributed by atoms with E-state index in [2.05, 4.69) is 5.32 Å². The second kappa shape index (κ2) is 6.11. The molecular weight excluding hydrogens is 302 g/mol. The van der Waals surface area contributed by atoms with E-state index in [-0.39, 0.29) is 12.1 Å². The minimum atomic E-state index is -0.609. The van der Waals surface area contributed by atoms with E-state index < -0.39 is 11.7 Å². The highest BCUT2D eigenvalue weighted by Gasteiger charge is 2.09. The summed E-state index contributed by atoms with van der Waals surface area (Å²) >= 11 is 12.0. The Morgan fingerprint density at radius 2 is 1.85 bits per heavy atom. The van der Waals surface area contributed by atoms with E-state index in [9.17, 15) is 9.18 Å². The number of primary amides is 1. The van der Waals surface area contributed by atoms with Gasteiger partial charge in [-0.05, 0) is 30.3 Å². The first-order chi connectivity index (χ1) is 9.49. The van der Waals surface area contributed by atoms with Crippen molar-refractivity contribution in [2.75, 3.05) is 5.32 Å². The van der Waals surface area contributed by atoms with Crippen molar-refractivity contribution in [3.63, 3.8) is 0 Å². The van der Waals surface area contributed by atoms with Crippen LogP contribution in [0.25, 0.3) is 0 Å². The zero-order valence-electron chi connectivity index (χ0n) is 10.3. The highest BCUT2D eigenvalue weighted by atomic mass is 35.5. The van der Waals surface area contributed by atoms with Crippen LogP contribution in [0.1, 0.15) is 15.9 Å². The predicted octanol–water partition coefficient (Wildman–Crippen LogP) is 3.84. The van der Waals surface area contributed by atoms with Gasteiger partial charge in [0, 0.05) is 17.7 Å². The van der Waals surface area contributed by atoms with Crippen LogP contribution in [-0.2, 0) is 6.54 Å². The van der Waals surface area contributed by atoms with Crippen molar-refractivity contribution in [2.45, 2.75) is 6.54 Å². The number of rotatable bonds is 4. The number of amides is 1. The molecule has 6 heteroatoms. The van der Waals surface area contributed by atoms with Crippen LogP contribution in [0.3, 0.4) is 0 Å². The van der Waals surface area contributed by atoms with Gasteiger partial charge in [-0.3, -0.25) is 4.79 Å². The standard InChI is InChI=1S/C14H11Cl2FN2O/c15-10-2-1-3-11(16)13(10)19-7-9-6-8(14(18)20)4-5-12(9)17/h1-6,19H,7H2,(H2,18,20). The van der Waals surface area contributed by atoms with Crippen LogP contribution in [-0.4, -0.2) is 5.91 Å². The van der Waals surface area contributed by atoms with E-state index in [0.29, 0.717) is 21.3 Å². The molecule has 0 atom stereocenters. The lowest BCUT2D eigenvalue weighted by atomic mass is 10.1. The molecule has 20 heavy (non-hydrogen) atoms. The monoisotopic (exact) mass is 312 g/mol. The van der Waals surface area contributed by atoms with Gasteiger partial charge in [0.2, 0.25) is 5.91 Å². The Balaban J connectivity index is 2.23. The molecule has 0 aromatic heterocycles. The Morgan fingerprint density at radius 3 is 2.45 bits per heavy atom. The molecule has 0 heterocycles. The number of nitrogens with two attached hydrogens (primary N) is 1. The van der Waals surface area contributed by atoms with Crippen LogP contribution in [0.4, 0.5) is 10.1 Å². The van der Waals surface area contributed by atoms with Crippen molar-refractivity contribution in [3.05, 3.63) is 63.4 Å². The Kier molecular flexibility index (Phi) is 4.47. The highest BCUT2D eigenvalue weighted by Crippen LogP contribution is 2.30. The summed E-state index contributed by atoms with van der Waals surface area (Å²) in [5.74, 6) is -1.05. The van der Waals surface area contributed by atoms with Crippen LogP contribution < -0.4 is 11.1 Å². The molecule has 2 rings (SSSR count). The Bertz CT molecular complexity index is 641. The van der Waals surface area contributed by atoms with Gasteiger partial charge in [0.25, 0.3) is 0 Å². The van der Waals surface area contributed by atoms with Crippen molar-refractivity contribution in [1.29, 1.82) is 0 Å². The number of carbonyl (C=O) groups excluding carboxylic acids is 1. The van der Waals surface area contributed by atoms with Gasteiger partial charge < -0.3 is 11.1 Å². The smallest absolute Gasteiger partial charge is 0.248 e. The summed E-state index contributed by atoms with van der Waals surface area (Å²) in [6.07, 6.45) is 0. The lowest BCUT2D eigenvalue weighted by Gasteiger charge is -2.11. The summed E-state index contributed by atoms with van der Waals surface area (Å²) < 4.78 is 13.7. The molecule has 0 saturated carbocycles. The third-order valence-corrected chi connectivity index (χ3v) is 3.38. The van der Waals surface area contributed by atoms with Gasteiger partial charge in [0.15, 0.2) is 0 Å². The zero-order chi connectivity index (χ0) is 14.7. The molecule has 104 valence electrons. The Labute approximate surface area is 125 Å². The fraction of sp³-hybridized carbons (Fsp3) is 0.0714. The van der Waals surface area contributed by atoms with E-state index in [1.807, 2.05) is 0 Å². The average molecular weight is 313 g/mol. The quantitative estimate of drug-likeness (QED) is 0.901. The zero-order valence-corrected chi connectivity index (χ0v) is 11.8. The SMILES string of the molecule is NC(=O)c1ccc(F)c(CNc2c(Cl)cccc2Cl)c1. The molecule has 2 aromatic rings. The first-order valence-corrected chi connectivity index (χ1v) is 6.50. The summed E-state index contributed by atoms with van der Waals surface area (Å²) in [6, 6.07) is 8.99. The first-order valence-electron chi connectivity index (χ1n) is 5.75. The van der Waals surface area contributed by atoms with Crippen LogP contribution in [0.15, 0.2) is 36.4 Å². The van der Waals surface area contributed by atoms with Crippen molar-refractivity contribution in [3.8, 4) is 0 Å². The summed E-state index contributed by atoms with van der Waals surface area (Å²) in [7, 11) is 0. The number of anilines is 1. The van der Waals surface area contributed by atoms with E-state index in [1.165, 1.54) is 18.2 Å².